The van der Waals surface area contributed by atoms with Crippen LogP contribution in [0.4, 0.5) is 0 Å². The number of nitrogens with one attached hydrogen (secondary N) is 1. The minimum Gasteiger partial charge on any atom is -0.491 e. The summed E-state index contributed by atoms with van der Waals surface area (Å²) in [4.78, 5) is 11.2. The maximum absolute atomic E-state index is 11.2. The number of hydrogen-bond donors (Lipinski definition) is 3. The first kappa shape index (κ1) is 27.4. The van der Waals surface area contributed by atoms with Gasteiger partial charge in [-0.15, -0.1) is 0 Å². The molecule has 3 aromatic rings. The predicted molar refractivity (Wildman–Crippen MR) is 138 cm³/mol. The van der Waals surface area contributed by atoms with Crippen molar-refractivity contribution >= 4 is 5.97 Å². The number of benzene rings is 3. The quantitative estimate of drug-likeness (QED) is 0.178. The van der Waals surface area contributed by atoms with Gasteiger partial charge in [0.25, 0.3) is 0 Å². The van der Waals surface area contributed by atoms with E-state index in [0.29, 0.717) is 43.2 Å². The van der Waals surface area contributed by atoms with Gasteiger partial charge in [-0.3, -0.25) is 4.79 Å². The van der Waals surface area contributed by atoms with Gasteiger partial charge >= 0.3 is 5.97 Å². The first-order valence-corrected chi connectivity index (χ1v) is 12.1. The fraction of sp³-hybridized carbons (Fsp3) is 0.345. The van der Waals surface area contributed by atoms with Gasteiger partial charge in [-0.1, -0.05) is 48.5 Å². The molecule has 2 atom stereocenters. The maximum Gasteiger partial charge on any atom is 0.308 e. The predicted octanol–water partition coefficient (Wildman–Crippen LogP) is 3.95. The highest BCUT2D eigenvalue weighted by atomic mass is 16.5. The molecule has 0 bridgehead atoms. The summed E-state index contributed by atoms with van der Waals surface area (Å²) < 4.78 is 16.5. The van der Waals surface area contributed by atoms with Crippen molar-refractivity contribution in [2.45, 2.75) is 45.6 Å². The van der Waals surface area contributed by atoms with Crippen LogP contribution in [0.1, 0.15) is 42.2 Å². The second-order valence-corrected chi connectivity index (χ2v) is 8.68. The Morgan fingerprint density at radius 3 is 2.42 bits per heavy atom. The van der Waals surface area contributed by atoms with E-state index in [0.717, 1.165) is 23.3 Å². The van der Waals surface area contributed by atoms with Gasteiger partial charge < -0.3 is 29.7 Å². The molecule has 0 radical (unpaired) electrons. The monoisotopic (exact) mass is 493 g/mol. The van der Waals surface area contributed by atoms with Crippen LogP contribution in [0.15, 0.2) is 72.8 Å². The van der Waals surface area contributed by atoms with Crippen molar-refractivity contribution in [2.24, 2.45) is 0 Å². The SMILES string of the molecule is CC(=O)Oc1ccc(C(O)CN[C@@H](C)Cc2ccc(OCCOCc3ccccc3)cc2)cc1CO. The number of aliphatic hydroxyl groups excluding tert-OH is 2. The molecule has 0 spiro atoms. The molecule has 0 saturated carbocycles. The molecule has 0 amide bonds. The molecule has 0 aliphatic heterocycles. The Bertz CT molecular complexity index is 1070. The number of carbonyl (C=O) groups excluding carboxylic acids is 1. The molecule has 0 fully saturated rings. The van der Waals surface area contributed by atoms with Crippen molar-refractivity contribution in [3.63, 3.8) is 0 Å². The van der Waals surface area contributed by atoms with Crippen LogP contribution < -0.4 is 14.8 Å². The van der Waals surface area contributed by atoms with Gasteiger partial charge in [0.05, 0.1) is 25.9 Å². The van der Waals surface area contributed by atoms with Crippen molar-refractivity contribution in [1.82, 2.24) is 5.32 Å². The number of rotatable bonds is 14. The molecular weight excluding hydrogens is 458 g/mol. The third-order valence-electron chi connectivity index (χ3n) is 5.63. The molecule has 0 aliphatic rings. The summed E-state index contributed by atoms with van der Waals surface area (Å²) >= 11 is 0. The molecule has 0 saturated heterocycles. The van der Waals surface area contributed by atoms with Gasteiger partial charge in [-0.2, -0.15) is 0 Å². The highest BCUT2D eigenvalue weighted by Gasteiger charge is 2.14. The number of esters is 1. The van der Waals surface area contributed by atoms with Gasteiger partial charge in [-0.25, -0.2) is 0 Å². The van der Waals surface area contributed by atoms with Crippen molar-refractivity contribution in [3.8, 4) is 11.5 Å². The van der Waals surface area contributed by atoms with Crippen molar-refractivity contribution in [2.75, 3.05) is 19.8 Å². The molecule has 3 rings (SSSR count). The summed E-state index contributed by atoms with van der Waals surface area (Å²) in [6, 6.07) is 23.1. The van der Waals surface area contributed by atoms with Gasteiger partial charge in [0.2, 0.25) is 0 Å². The number of hydrogen-bond acceptors (Lipinski definition) is 7. The average molecular weight is 494 g/mol. The van der Waals surface area contributed by atoms with E-state index in [1.807, 2.05) is 54.6 Å². The molecule has 36 heavy (non-hydrogen) atoms. The van der Waals surface area contributed by atoms with Gasteiger partial charge in [-0.05, 0) is 54.3 Å². The molecule has 0 aliphatic carbocycles. The highest BCUT2D eigenvalue weighted by molar-refractivity contribution is 5.69. The van der Waals surface area contributed by atoms with Crippen LogP contribution >= 0.6 is 0 Å². The number of ether oxygens (including phenoxy) is 3. The summed E-state index contributed by atoms with van der Waals surface area (Å²) in [5.74, 6) is 0.644. The average Bonchev–Trinajstić information content (AvgIpc) is 2.88. The van der Waals surface area contributed by atoms with Crippen LogP contribution in [-0.4, -0.2) is 42.0 Å². The zero-order valence-corrected chi connectivity index (χ0v) is 20.9. The third-order valence-corrected chi connectivity index (χ3v) is 5.63. The molecular formula is C29H35NO6. The standard InChI is InChI=1S/C29H35NO6/c1-21(30-18-28(33)25-10-13-29(36-22(2)32)26(17-25)19-31)16-23-8-11-27(12-9-23)35-15-14-34-20-24-6-4-3-5-7-24/h3-13,17,21,28,30-31,33H,14-16,18-20H2,1-2H3/t21-,28?/m0/s1. The van der Waals surface area contributed by atoms with E-state index in [1.54, 1.807) is 18.2 Å². The molecule has 0 heterocycles. The fourth-order valence-corrected chi connectivity index (χ4v) is 3.75. The lowest BCUT2D eigenvalue weighted by atomic mass is 10.0. The second-order valence-electron chi connectivity index (χ2n) is 8.68. The van der Waals surface area contributed by atoms with Crippen LogP contribution in [0, 0.1) is 0 Å². The summed E-state index contributed by atoms with van der Waals surface area (Å²) in [7, 11) is 0. The Morgan fingerprint density at radius 1 is 0.972 bits per heavy atom. The van der Waals surface area contributed by atoms with E-state index < -0.39 is 12.1 Å². The summed E-state index contributed by atoms with van der Waals surface area (Å²) in [5, 5.41) is 23.5. The first-order chi connectivity index (χ1) is 17.4. The lowest BCUT2D eigenvalue weighted by molar-refractivity contribution is -0.131. The van der Waals surface area contributed by atoms with Crippen molar-refractivity contribution < 1.29 is 29.2 Å². The van der Waals surface area contributed by atoms with Gasteiger partial charge in [0.1, 0.15) is 18.1 Å². The van der Waals surface area contributed by atoms with Crippen LogP contribution in [0.25, 0.3) is 0 Å². The molecule has 3 N–H and O–H groups in total. The van der Waals surface area contributed by atoms with Crippen LogP contribution in [0.2, 0.25) is 0 Å². The lowest BCUT2D eigenvalue weighted by Crippen LogP contribution is -2.32. The smallest absolute Gasteiger partial charge is 0.308 e. The minimum absolute atomic E-state index is 0.135. The van der Waals surface area contributed by atoms with Crippen LogP contribution in [0.5, 0.6) is 11.5 Å². The molecule has 7 nitrogen and oxygen atoms in total. The fourth-order valence-electron chi connectivity index (χ4n) is 3.75. The minimum atomic E-state index is -0.760. The molecule has 7 heteroatoms. The Kier molecular flexibility index (Phi) is 10.9. The van der Waals surface area contributed by atoms with Crippen LogP contribution in [-0.2, 0) is 29.2 Å². The van der Waals surface area contributed by atoms with Gasteiger partial charge in [0.15, 0.2) is 0 Å². The zero-order chi connectivity index (χ0) is 25.8. The topological polar surface area (TPSA) is 97.3 Å². The van der Waals surface area contributed by atoms with Crippen molar-refractivity contribution in [3.05, 3.63) is 95.1 Å². The maximum atomic E-state index is 11.2. The highest BCUT2D eigenvalue weighted by Crippen LogP contribution is 2.24. The molecule has 1 unspecified atom stereocenters. The summed E-state index contributed by atoms with van der Waals surface area (Å²) in [5.41, 5.74) is 3.40. The second kappa shape index (κ2) is 14.4. The Labute approximate surface area is 212 Å². The summed E-state index contributed by atoms with van der Waals surface area (Å²) in [6.07, 6.45) is 0.0320. The zero-order valence-electron chi connectivity index (χ0n) is 20.9. The number of carbonyl (C=O) groups is 1. The normalized spacial score (nSPS) is 12.7. The van der Waals surface area contributed by atoms with E-state index in [4.69, 9.17) is 14.2 Å². The van der Waals surface area contributed by atoms with E-state index in [-0.39, 0.29) is 12.6 Å². The Balaban J connectivity index is 1.38. The molecule has 3 aromatic carbocycles. The largest absolute Gasteiger partial charge is 0.491 e. The number of aliphatic hydroxyl groups is 2. The van der Waals surface area contributed by atoms with E-state index in [9.17, 15) is 15.0 Å². The third kappa shape index (κ3) is 9.09. The molecule has 192 valence electrons. The Morgan fingerprint density at radius 2 is 1.72 bits per heavy atom. The summed E-state index contributed by atoms with van der Waals surface area (Å²) in [6.45, 7) is 5.01. The Hall–Kier alpha value is -3.23. The lowest BCUT2D eigenvalue weighted by Gasteiger charge is -2.19. The molecule has 0 aromatic heterocycles. The first-order valence-electron chi connectivity index (χ1n) is 12.1. The van der Waals surface area contributed by atoms with E-state index in [1.165, 1.54) is 6.92 Å². The van der Waals surface area contributed by atoms with E-state index in [2.05, 4.69) is 12.2 Å². The van der Waals surface area contributed by atoms with E-state index >= 15 is 0 Å². The van der Waals surface area contributed by atoms with Crippen LogP contribution in [0.3, 0.4) is 0 Å². The van der Waals surface area contributed by atoms with Gasteiger partial charge in [0, 0.05) is 25.1 Å². The van der Waals surface area contributed by atoms with Crippen molar-refractivity contribution in [1.29, 1.82) is 0 Å².